The molecule has 0 saturated heterocycles. The molecule has 5 nitrogen and oxygen atoms in total. The van der Waals surface area contributed by atoms with E-state index in [1.54, 1.807) is 0 Å². The van der Waals surface area contributed by atoms with Gasteiger partial charge in [0.15, 0.2) is 5.13 Å². The molecule has 1 rings (SSSR count). The molecule has 0 aromatic carbocycles. The quantitative estimate of drug-likeness (QED) is 0.736. The van der Waals surface area contributed by atoms with Gasteiger partial charge in [-0.2, -0.15) is 5.26 Å². The molecule has 1 aromatic heterocycles. The monoisotopic (exact) mass is 267 g/mol. The molecule has 98 valence electrons. The van der Waals surface area contributed by atoms with Crippen LogP contribution in [0, 0.1) is 17.2 Å². The first-order valence-electron chi connectivity index (χ1n) is 5.68. The van der Waals surface area contributed by atoms with Crippen molar-refractivity contribution in [3.05, 3.63) is 11.1 Å². The van der Waals surface area contributed by atoms with Crippen molar-refractivity contribution < 1.29 is 9.53 Å². The van der Waals surface area contributed by atoms with Crippen molar-refractivity contribution in [3.8, 4) is 6.07 Å². The fraction of sp³-hybridized carbons (Fsp3) is 0.583. The molecule has 1 aromatic rings. The fourth-order valence-electron chi connectivity index (χ4n) is 1.45. The number of hydrogen-bond acceptors (Lipinski definition) is 6. The van der Waals surface area contributed by atoms with Crippen LogP contribution in [0.25, 0.3) is 0 Å². The molecule has 0 aliphatic rings. The normalized spacial score (nSPS) is 11.7. The van der Waals surface area contributed by atoms with Gasteiger partial charge in [-0.1, -0.05) is 0 Å². The average Bonchev–Trinajstić information content (AvgIpc) is 2.84. The molecule has 1 unspecified atom stereocenters. The predicted octanol–water partition coefficient (Wildman–Crippen LogP) is 1.84. The highest BCUT2D eigenvalue weighted by molar-refractivity contribution is 7.13. The number of anilines is 1. The van der Waals surface area contributed by atoms with Gasteiger partial charge in [0.05, 0.1) is 31.2 Å². The van der Waals surface area contributed by atoms with Gasteiger partial charge in [-0.15, -0.1) is 11.3 Å². The van der Waals surface area contributed by atoms with Gasteiger partial charge in [-0.3, -0.25) is 4.79 Å². The van der Waals surface area contributed by atoms with Crippen LogP contribution in [-0.4, -0.2) is 31.7 Å². The summed E-state index contributed by atoms with van der Waals surface area (Å²) in [7, 11) is 3.29. The summed E-state index contributed by atoms with van der Waals surface area (Å²) in [6.45, 7) is 2.53. The highest BCUT2D eigenvalue weighted by Gasteiger charge is 2.11. The second-order valence-electron chi connectivity index (χ2n) is 4.11. The minimum absolute atomic E-state index is 0.0302. The molecule has 6 heteroatoms. The van der Waals surface area contributed by atoms with Crippen molar-refractivity contribution in [2.24, 2.45) is 5.92 Å². The zero-order valence-electron chi connectivity index (χ0n) is 10.8. The molecule has 1 atom stereocenters. The van der Waals surface area contributed by atoms with E-state index in [4.69, 9.17) is 5.26 Å². The first kappa shape index (κ1) is 14.5. The predicted molar refractivity (Wildman–Crippen MR) is 70.5 cm³/mol. The summed E-state index contributed by atoms with van der Waals surface area (Å²) in [4.78, 5) is 17.4. The Balaban J connectivity index is 2.52. The number of aromatic nitrogens is 1. The Bertz CT molecular complexity index is 439. The van der Waals surface area contributed by atoms with E-state index in [1.165, 1.54) is 18.4 Å². The summed E-state index contributed by atoms with van der Waals surface area (Å²) < 4.78 is 4.58. The van der Waals surface area contributed by atoms with Gasteiger partial charge in [-0.05, 0) is 6.92 Å². The lowest BCUT2D eigenvalue weighted by Crippen LogP contribution is -2.23. The number of hydrogen-bond donors (Lipinski definition) is 0. The number of nitrogens with zero attached hydrogens (tertiary/aromatic N) is 3. The van der Waals surface area contributed by atoms with Gasteiger partial charge >= 0.3 is 5.97 Å². The molecule has 0 amide bonds. The van der Waals surface area contributed by atoms with Crippen molar-refractivity contribution in [2.45, 2.75) is 19.8 Å². The van der Waals surface area contributed by atoms with Crippen LogP contribution in [-0.2, 0) is 16.0 Å². The number of esters is 1. The van der Waals surface area contributed by atoms with E-state index in [0.717, 1.165) is 10.8 Å². The molecule has 0 aliphatic carbocycles. The summed E-state index contributed by atoms with van der Waals surface area (Å²) in [5.41, 5.74) is 0.886. The van der Waals surface area contributed by atoms with E-state index in [9.17, 15) is 4.79 Å². The van der Waals surface area contributed by atoms with Crippen LogP contribution in [0.5, 0.6) is 0 Å². The van der Waals surface area contributed by atoms with Gasteiger partial charge in [0, 0.05) is 25.4 Å². The molecule has 1 heterocycles. The smallest absolute Gasteiger partial charge is 0.305 e. The summed E-state index contributed by atoms with van der Waals surface area (Å²) in [6.07, 6.45) is 0.933. The summed E-state index contributed by atoms with van der Waals surface area (Å²) in [6, 6.07) is 2.19. The van der Waals surface area contributed by atoms with Crippen LogP contribution < -0.4 is 4.90 Å². The van der Waals surface area contributed by atoms with Crippen LogP contribution in [0.4, 0.5) is 5.13 Å². The van der Waals surface area contributed by atoms with Gasteiger partial charge in [0.2, 0.25) is 0 Å². The minimum Gasteiger partial charge on any atom is -0.469 e. The maximum absolute atomic E-state index is 11.0. The van der Waals surface area contributed by atoms with Crippen LogP contribution in [0.1, 0.15) is 19.0 Å². The summed E-state index contributed by atoms with van der Waals surface area (Å²) in [5.74, 6) is -0.256. The van der Waals surface area contributed by atoms with Crippen molar-refractivity contribution in [1.82, 2.24) is 4.98 Å². The van der Waals surface area contributed by atoms with Gasteiger partial charge in [-0.25, -0.2) is 4.98 Å². The molecule has 0 bridgehead atoms. The molecule has 0 spiro atoms. The third kappa shape index (κ3) is 4.34. The van der Waals surface area contributed by atoms with E-state index >= 15 is 0 Å². The molecule has 0 saturated carbocycles. The van der Waals surface area contributed by atoms with E-state index in [2.05, 4.69) is 15.8 Å². The minimum atomic E-state index is -0.226. The maximum atomic E-state index is 11.0. The lowest BCUT2D eigenvalue weighted by molar-refractivity contribution is -0.140. The molecule has 0 fully saturated rings. The molecule has 0 N–H and O–H groups in total. The zero-order valence-corrected chi connectivity index (χ0v) is 11.7. The lowest BCUT2D eigenvalue weighted by atomic mass is 10.2. The third-order valence-corrected chi connectivity index (χ3v) is 3.45. The third-order valence-electron chi connectivity index (χ3n) is 2.45. The zero-order chi connectivity index (χ0) is 13.5. The Morgan fingerprint density at radius 3 is 3.06 bits per heavy atom. The second kappa shape index (κ2) is 6.97. The standard InChI is InChI=1S/C12H17N3O2S/c1-9(6-13)7-15(2)12-14-10(8-18-12)4-5-11(16)17-3/h8-9H,4-5,7H2,1-3H3. The number of thiazole rings is 1. The number of aryl methyl sites for hydroxylation is 1. The van der Waals surface area contributed by atoms with Gasteiger partial charge < -0.3 is 9.64 Å². The number of carbonyl (C=O) groups excluding carboxylic acids is 1. The molecule has 18 heavy (non-hydrogen) atoms. The Labute approximate surface area is 111 Å². The van der Waals surface area contributed by atoms with Crippen LogP contribution in [0.15, 0.2) is 5.38 Å². The lowest BCUT2D eigenvalue weighted by Gasteiger charge is -2.16. The van der Waals surface area contributed by atoms with E-state index in [-0.39, 0.29) is 11.9 Å². The number of ether oxygens (including phenoxy) is 1. The number of nitriles is 1. The van der Waals surface area contributed by atoms with Crippen LogP contribution in [0.3, 0.4) is 0 Å². The molecular weight excluding hydrogens is 250 g/mol. The van der Waals surface area contributed by atoms with Crippen LogP contribution >= 0.6 is 11.3 Å². The molecular formula is C12H17N3O2S. The maximum Gasteiger partial charge on any atom is 0.305 e. The van der Waals surface area contributed by atoms with Crippen molar-refractivity contribution in [1.29, 1.82) is 5.26 Å². The summed E-state index contributed by atoms with van der Waals surface area (Å²) >= 11 is 1.52. The van der Waals surface area contributed by atoms with Gasteiger partial charge in [0.1, 0.15) is 0 Å². The summed E-state index contributed by atoms with van der Waals surface area (Å²) in [5, 5.41) is 11.6. The molecule has 0 aliphatic heterocycles. The SMILES string of the molecule is COC(=O)CCc1csc(N(C)CC(C)C#N)n1. The van der Waals surface area contributed by atoms with Crippen molar-refractivity contribution in [2.75, 3.05) is 25.6 Å². The average molecular weight is 267 g/mol. The van der Waals surface area contributed by atoms with Crippen molar-refractivity contribution in [3.63, 3.8) is 0 Å². The highest BCUT2D eigenvalue weighted by Crippen LogP contribution is 2.20. The Morgan fingerprint density at radius 2 is 2.44 bits per heavy atom. The number of carbonyl (C=O) groups is 1. The first-order valence-corrected chi connectivity index (χ1v) is 6.56. The van der Waals surface area contributed by atoms with E-state index in [0.29, 0.717) is 19.4 Å². The largest absolute Gasteiger partial charge is 0.469 e. The van der Waals surface area contributed by atoms with E-state index in [1.807, 2.05) is 24.3 Å². The Kier molecular flexibility index (Phi) is 5.59. The first-order chi connectivity index (χ1) is 8.56. The van der Waals surface area contributed by atoms with E-state index < -0.39 is 0 Å². The van der Waals surface area contributed by atoms with Crippen LogP contribution in [0.2, 0.25) is 0 Å². The number of methoxy groups -OCH3 is 1. The highest BCUT2D eigenvalue weighted by atomic mass is 32.1. The van der Waals surface area contributed by atoms with Crippen molar-refractivity contribution >= 4 is 22.4 Å². The Morgan fingerprint density at radius 1 is 1.72 bits per heavy atom. The van der Waals surface area contributed by atoms with Gasteiger partial charge in [0.25, 0.3) is 0 Å². The fourth-order valence-corrected chi connectivity index (χ4v) is 2.28. The second-order valence-corrected chi connectivity index (χ2v) is 4.94. The topological polar surface area (TPSA) is 66.2 Å². The Hall–Kier alpha value is -1.61. The number of rotatable bonds is 6. The molecule has 0 radical (unpaired) electrons.